The highest BCUT2D eigenvalue weighted by atomic mass is 16.6. The van der Waals surface area contributed by atoms with Crippen LogP contribution in [0.2, 0.25) is 0 Å². The highest BCUT2D eigenvalue weighted by Gasteiger charge is 2.15. The maximum atomic E-state index is 13.1. The summed E-state index contributed by atoms with van der Waals surface area (Å²) in [6, 6.07) is 42.7. The number of hydrogen-bond acceptors (Lipinski definition) is 11. The average molecular weight is 1060 g/mol. The Labute approximate surface area is 462 Å². The molecule has 78 heavy (non-hydrogen) atoms. The Morgan fingerprint density at radius 3 is 1.13 bits per heavy atom. The summed E-state index contributed by atoms with van der Waals surface area (Å²) in [4.78, 5) is 62.9. The second-order valence-electron chi connectivity index (χ2n) is 19.8. The van der Waals surface area contributed by atoms with Crippen LogP contribution in [-0.2, 0) is 9.53 Å². The molecule has 0 spiro atoms. The molecule has 0 N–H and O–H groups in total. The van der Waals surface area contributed by atoms with Gasteiger partial charge in [-0.25, -0.2) is 19.2 Å². The summed E-state index contributed by atoms with van der Waals surface area (Å²) in [7, 11) is 0. The Kier molecular flexibility index (Phi) is 26.8. The average Bonchev–Trinajstić information content (AvgIpc) is 3.46. The number of rotatable bonds is 36. The largest absolute Gasteiger partial charge is 0.494 e. The zero-order chi connectivity index (χ0) is 54.8. The van der Waals surface area contributed by atoms with Gasteiger partial charge in [-0.05, 0) is 140 Å². The van der Waals surface area contributed by atoms with Gasteiger partial charge in [0, 0.05) is 6.42 Å². The van der Waals surface area contributed by atoms with Gasteiger partial charge in [0.05, 0.1) is 35.5 Å². The lowest BCUT2D eigenvalue weighted by molar-refractivity contribution is -0.138. The number of benzene rings is 6. The summed E-state index contributed by atoms with van der Waals surface area (Å²) in [5, 5.41) is 0. The van der Waals surface area contributed by atoms with Crippen LogP contribution >= 0.6 is 0 Å². The number of carbonyl (C=O) groups is 5. The van der Waals surface area contributed by atoms with Gasteiger partial charge in [-0.15, -0.1) is 0 Å². The normalized spacial score (nSPS) is 10.9. The molecule has 0 saturated heterocycles. The zero-order valence-corrected chi connectivity index (χ0v) is 45.6. The predicted molar refractivity (Wildman–Crippen MR) is 306 cm³/mol. The van der Waals surface area contributed by atoms with Crippen LogP contribution in [0.5, 0.6) is 28.7 Å². The summed E-state index contributed by atoms with van der Waals surface area (Å²) < 4.78 is 33.7. The van der Waals surface area contributed by atoms with E-state index in [9.17, 15) is 24.0 Å². The van der Waals surface area contributed by atoms with Crippen LogP contribution in [0.3, 0.4) is 0 Å². The van der Waals surface area contributed by atoms with E-state index in [1.54, 1.807) is 133 Å². The van der Waals surface area contributed by atoms with E-state index < -0.39 is 29.8 Å². The molecule has 11 nitrogen and oxygen atoms in total. The number of esters is 5. The van der Waals surface area contributed by atoms with Crippen molar-refractivity contribution >= 4 is 29.8 Å². The molecular weight excluding hydrogens is 981 g/mol. The monoisotopic (exact) mass is 1060 g/mol. The molecule has 6 aromatic rings. The second-order valence-corrected chi connectivity index (χ2v) is 19.8. The van der Waals surface area contributed by atoms with Gasteiger partial charge in [-0.3, -0.25) is 4.79 Å². The quantitative estimate of drug-likeness (QED) is 0.0161. The Balaban J connectivity index is 0.805. The predicted octanol–water partition coefficient (Wildman–Crippen LogP) is 17.1. The fraction of sp³-hybridized carbons (Fsp3) is 0.388. The molecule has 0 radical (unpaired) electrons. The van der Waals surface area contributed by atoms with E-state index in [0.717, 1.165) is 68.9 Å². The third kappa shape index (κ3) is 22.6. The third-order valence-electron chi connectivity index (χ3n) is 13.4. The minimum Gasteiger partial charge on any atom is -0.494 e. The van der Waals surface area contributed by atoms with Crippen molar-refractivity contribution < 1.29 is 52.4 Å². The van der Waals surface area contributed by atoms with Crippen LogP contribution in [0.25, 0.3) is 11.1 Å². The van der Waals surface area contributed by atoms with Crippen molar-refractivity contribution in [2.75, 3.05) is 13.2 Å². The summed E-state index contributed by atoms with van der Waals surface area (Å²) in [6.07, 6.45) is 26.5. The molecule has 0 aliphatic carbocycles. The highest BCUT2D eigenvalue weighted by Crippen LogP contribution is 2.28. The van der Waals surface area contributed by atoms with Crippen molar-refractivity contribution in [3.05, 3.63) is 174 Å². The maximum Gasteiger partial charge on any atom is 0.345 e. The molecule has 6 aromatic carbocycles. The fourth-order valence-corrected chi connectivity index (χ4v) is 8.88. The second kappa shape index (κ2) is 35.0. The summed E-state index contributed by atoms with van der Waals surface area (Å²) in [5.41, 5.74) is 3.07. The first-order valence-electron chi connectivity index (χ1n) is 28.5. The topological polar surface area (TPSA) is 141 Å². The van der Waals surface area contributed by atoms with E-state index in [2.05, 4.69) is 6.92 Å². The first-order valence-corrected chi connectivity index (χ1v) is 28.5. The van der Waals surface area contributed by atoms with Crippen LogP contribution < -0.4 is 23.7 Å². The summed E-state index contributed by atoms with van der Waals surface area (Å²) >= 11 is 0. The van der Waals surface area contributed by atoms with E-state index in [-0.39, 0.29) is 12.0 Å². The third-order valence-corrected chi connectivity index (χ3v) is 13.4. The van der Waals surface area contributed by atoms with Crippen molar-refractivity contribution in [3.63, 3.8) is 0 Å². The minimum absolute atomic E-state index is 0.241. The Morgan fingerprint density at radius 2 is 0.679 bits per heavy atom. The van der Waals surface area contributed by atoms with Crippen molar-refractivity contribution in [2.24, 2.45) is 0 Å². The van der Waals surface area contributed by atoms with Gasteiger partial charge in [0.25, 0.3) is 0 Å². The molecule has 0 unspecified atom stereocenters. The van der Waals surface area contributed by atoms with E-state index in [1.807, 2.05) is 18.2 Å². The van der Waals surface area contributed by atoms with Gasteiger partial charge in [-0.2, -0.15) is 0 Å². The zero-order valence-electron chi connectivity index (χ0n) is 45.6. The highest BCUT2D eigenvalue weighted by molar-refractivity contribution is 5.97. The number of ether oxygens (including phenoxy) is 6. The van der Waals surface area contributed by atoms with E-state index in [4.69, 9.17) is 28.4 Å². The number of carbonyl (C=O) groups excluding carboxylic acids is 5. The molecule has 0 aliphatic heterocycles. The molecule has 6 rings (SSSR count). The van der Waals surface area contributed by atoms with Gasteiger partial charge in [0.1, 0.15) is 28.7 Å². The molecule has 0 saturated carbocycles. The first-order chi connectivity index (χ1) is 38.2. The standard InChI is InChI=1S/C67H78O11/c1-2-3-4-5-6-7-8-9-10-11-13-16-19-25-49-73-59-43-37-55(38-44-59)65(70)76-61-47-39-56(40-48-61)66(71)77-62-31-27-30-57(51-62)52-33-45-60(46-34-52)75-64(69)54-35-41-58(42-36-54)74-50-26-20-17-14-12-15-18-24-32-63(68)78-67(72)53-28-22-21-23-29-53/h21-23,27-31,33-48,51H,2-20,24-26,32,49-50H2,1H3. The SMILES string of the molecule is CCCCCCCCCCCCCCCCOc1ccc(C(=O)Oc2ccc(C(=O)Oc3cccc(-c4ccc(OC(=O)c5ccc(OCCCCCCCCCCC(=O)OC(=O)c6ccccc6)cc5)cc4)c3)cc2)cc1. The van der Waals surface area contributed by atoms with Gasteiger partial charge < -0.3 is 28.4 Å². The van der Waals surface area contributed by atoms with E-state index in [1.165, 1.54) is 77.0 Å². The van der Waals surface area contributed by atoms with Crippen molar-refractivity contribution in [3.8, 4) is 39.9 Å². The van der Waals surface area contributed by atoms with Gasteiger partial charge >= 0.3 is 29.8 Å². The number of hydrogen-bond donors (Lipinski definition) is 0. The maximum absolute atomic E-state index is 13.1. The Morgan fingerprint density at radius 1 is 0.308 bits per heavy atom. The lowest BCUT2D eigenvalue weighted by Gasteiger charge is -2.10. The lowest BCUT2D eigenvalue weighted by Crippen LogP contribution is -2.12. The molecule has 0 aromatic heterocycles. The molecule has 0 amide bonds. The molecule has 11 heteroatoms. The smallest absolute Gasteiger partial charge is 0.345 e. The molecular formula is C67H78O11. The minimum atomic E-state index is -0.606. The molecule has 0 fully saturated rings. The summed E-state index contributed by atoms with van der Waals surface area (Å²) in [5.74, 6) is -0.242. The van der Waals surface area contributed by atoms with Crippen LogP contribution in [0.15, 0.2) is 152 Å². The fourth-order valence-electron chi connectivity index (χ4n) is 8.88. The van der Waals surface area contributed by atoms with Crippen LogP contribution in [0.4, 0.5) is 0 Å². The van der Waals surface area contributed by atoms with Crippen LogP contribution in [0, 0.1) is 0 Å². The molecule has 0 heterocycles. The van der Waals surface area contributed by atoms with Gasteiger partial charge in [0.15, 0.2) is 0 Å². The molecule has 0 bridgehead atoms. The van der Waals surface area contributed by atoms with Crippen LogP contribution in [0.1, 0.15) is 196 Å². The van der Waals surface area contributed by atoms with Crippen LogP contribution in [-0.4, -0.2) is 43.1 Å². The van der Waals surface area contributed by atoms with Gasteiger partial charge in [0.2, 0.25) is 0 Å². The molecule has 0 aliphatic rings. The molecule has 0 atom stereocenters. The lowest BCUT2D eigenvalue weighted by atomic mass is 10.0. The Bertz CT molecular complexity index is 2700. The Hall–Kier alpha value is -7.53. The van der Waals surface area contributed by atoms with Gasteiger partial charge in [-0.1, -0.05) is 171 Å². The van der Waals surface area contributed by atoms with Crippen molar-refractivity contribution in [2.45, 2.75) is 155 Å². The number of unbranched alkanes of at least 4 members (excludes halogenated alkanes) is 20. The molecule has 412 valence electrons. The first kappa shape index (κ1) is 59.7. The van der Waals surface area contributed by atoms with Crippen molar-refractivity contribution in [1.29, 1.82) is 0 Å². The van der Waals surface area contributed by atoms with E-state index in [0.29, 0.717) is 65.1 Å². The van der Waals surface area contributed by atoms with E-state index >= 15 is 0 Å². The van der Waals surface area contributed by atoms with Crippen molar-refractivity contribution in [1.82, 2.24) is 0 Å². The summed E-state index contributed by atoms with van der Waals surface area (Å²) in [6.45, 7) is 3.49.